The van der Waals surface area contributed by atoms with Gasteiger partial charge in [-0.2, -0.15) is 0 Å². The summed E-state index contributed by atoms with van der Waals surface area (Å²) in [6.07, 6.45) is 0.278. The summed E-state index contributed by atoms with van der Waals surface area (Å²) in [5.41, 5.74) is 0. The summed E-state index contributed by atoms with van der Waals surface area (Å²) in [6.45, 7) is 6.27. The summed E-state index contributed by atoms with van der Waals surface area (Å²) in [5, 5.41) is 12.5. The number of aliphatic hydroxyl groups is 1. The van der Waals surface area contributed by atoms with Crippen LogP contribution < -0.4 is 5.32 Å². The van der Waals surface area contributed by atoms with E-state index in [0.717, 1.165) is 6.54 Å². The second-order valence-corrected chi connectivity index (χ2v) is 7.67. The molecule has 0 saturated carbocycles. The monoisotopic (exact) mass is 279 g/mol. The molecule has 1 aliphatic heterocycles. The summed E-state index contributed by atoms with van der Waals surface area (Å²) in [7, 11) is -3.20. The molecule has 6 heteroatoms. The van der Waals surface area contributed by atoms with E-state index in [-0.39, 0.29) is 11.0 Å². The molecular formula is C12H25NO4S. The third-order valence-electron chi connectivity index (χ3n) is 3.03. The Morgan fingerprint density at radius 2 is 1.89 bits per heavy atom. The van der Waals surface area contributed by atoms with Gasteiger partial charge in [0.05, 0.1) is 17.1 Å². The van der Waals surface area contributed by atoms with Crippen molar-refractivity contribution < 1.29 is 18.3 Å². The third-order valence-corrected chi connectivity index (χ3v) is 5.37. The van der Waals surface area contributed by atoms with Gasteiger partial charge in [0.2, 0.25) is 0 Å². The van der Waals surface area contributed by atoms with Crippen LogP contribution in [0.15, 0.2) is 0 Å². The molecule has 1 unspecified atom stereocenters. The van der Waals surface area contributed by atoms with Crippen LogP contribution >= 0.6 is 0 Å². The van der Waals surface area contributed by atoms with E-state index in [1.807, 2.05) is 0 Å². The van der Waals surface area contributed by atoms with Gasteiger partial charge in [0, 0.05) is 19.8 Å². The van der Waals surface area contributed by atoms with Crippen molar-refractivity contribution in [3.8, 4) is 0 Å². The molecule has 0 amide bonds. The molecule has 0 aliphatic carbocycles. The van der Waals surface area contributed by atoms with Crippen LogP contribution in [-0.2, 0) is 14.6 Å². The van der Waals surface area contributed by atoms with Crippen LogP contribution in [0.3, 0.4) is 0 Å². The van der Waals surface area contributed by atoms with Gasteiger partial charge in [-0.25, -0.2) is 8.42 Å². The van der Waals surface area contributed by atoms with Crippen molar-refractivity contribution in [3.63, 3.8) is 0 Å². The minimum absolute atomic E-state index is 0.150. The first-order chi connectivity index (χ1) is 8.42. The fourth-order valence-corrected chi connectivity index (χ4v) is 3.87. The highest BCUT2D eigenvalue weighted by molar-refractivity contribution is 7.92. The largest absolute Gasteiger partial charge is 0.391 e. The van der Waals surface area contributed by atoms with Crippen molar-refractivity contribution in [1.29, 1.82) is 0 Å². The van der Waals surface area contributed by atoms with Gasteiger partial charge in [-0.05, 0) is 25.3 Å². The van der Waals surface area contributed by atoms with Gasteiger partial charge in [-0.1, -0.05) is 13.8 Å². The number of aliphatic hydroxyl groups excluding tert-OH is 1. The van der Waals surface area contributed by atoms with Gasteiger partial charge in [-0.3, -0.25) is 0 Å². The predicted molar refractivity (Wildman–Crippen MR) is 71.3 cm³/mol. The van der Waals surface area contributed by atoms with Crippen LogP contribution in [-0.4, -0.2) is 56.9 Å². The van der Waals surface area contributed by atoms with E-state index in [2.05, 4.69) is 19.2 Å². The highest BCUT2D eigenvalue weighted by atomic mass is 32.2. The van der Waals surface area contributed by atoms with Gasteiger partial charge in [0.25, 0.3) is 0 Å². The van der Waals surface area contributed by atoms with Gasteiger partial charge in [-0.15, -0.1) is 0 Å². The molecule has 0 aromatic heterocycles. The Kier molecular flexibility index (Phi) is 6.55. The number of ether oxygens (including phenoxy) is 1. The minimum Gasteiger partial charge on any atom is -0.391 e. The molecule has 1 rings (SSSR count). The lowest BCUT2D eigenvalue weighted by Crippen LogP contribution is -2.39. The van der Waals surface area contributed by atoms with Gasteiger partial charge < -0.3 is 15.2 Å². The van der Waals surface area contributed by atoms with E-state index in [0.29, 0.717) is 38.5 Å². The molecule has 1 fully saturated rings. The zero-order valence-corrected chi connectivity index (χ0v) is 12.1. The highest BCUT2D eigenvalue weighted by Crippen LogP contribution is 2.17. The topological polar surface area (TPSA) is 75.6 Å². The second-order valence-electron chi connectivity index (χ2n) is 5.35. The van der Waals surface area contributed by atoms with Crippen LogP contribution in [0.25, 0.3) is 0 Å². The number of hydrogen-bond acceptors (Lipinski definition) is 5. The standard InChI is InChI=1S/C12H25NO4S/c1-10(2)7-13-8-11(14)9-18(15,16)12-3-5-17-6-4-12/h10-14H,3-9H2,1-2H3. The van der Waals surface area contributed by atoms with Crippen LogP contribution in [0.4, 0.5) is 0 Å². The average Bonchev–Trinajstić information content (AvgIpc) is 2.29. The Bertz CT molecular complexity index is 323. The SMILES string of the molecule is CC(C)CNCC(O)CS(=O)(=O)C1CCOCC1. The Morgan fingerprint density at radius 3 is 2.44 bits per heavy atom. The van der Waals surface area contributed by atoms with E-state index < -0.39 is 15.9 Å². The lowest BCUT2D eigenvalue weighted by molar-refractivity contribution is 0.0979. The molecule has 1 saturated heterocycles. The Labute approximate surface area is 110 Å². The highest BCUT2D eigenvalue weighted by Gasteiger charge is 2.29. The van der Waals surface area contributed by atoms with E-state index >= 15 is 0 Å². The lowest BCUT2D eigenvalue weighted by atomic mass is 10.2. The molecule has 108 valence electrons. The van der Waals surface area contributed by atoms with Gasteiger partial charge in [0.15, 0.2) is 9.84 Å². The maximum Gasteiger partial charge on any atom is 0.155 e. The number of rotatable bonds is 7. The number of nitrogens with one attached hydrogen (secondary N) is 1. The van der Waals surface area contributed by atoms with E-state index in [4.69, 9.17) is 4.74 Å². The molecular weight excluding hydrogens is 254 g/mol. The van der Waals surface area contributed by atoms with Crippen LogP contribution in [0.5, 0.6) is 0 Å². The first-order valence-electron chi connectivity index (χ1n) is 6.60. The molecule has 0 aromatic rings. The quantitative estimate of drug-likeness (QED) is 0.695. The second kappa shape index (κ2) is 7.43. The van der Waals surface area contributed by atoms with Crippen molar-refractivity contribution in [2.75, 3.05) is 32.1 Å². The Balaban J connectivity index is 2.34. The zero-order chi connectivity index (χ0) is 13.6. The van der Waals surface area contributed by atoms with Crippen molar-refractivity contribution in [2.45, 2.75) is 38.0 Å². The first kappa shape index (κ1) is 15.9. The molecule has 0 spiro atoms. The Hall–Kier alpha value is -0.170. The molecule has 0 radical (unpaired) electrons. The van der Waals surface area contributed by atoms with Crippen LogP contribution in [0.2, 0.25) is 0 Å². The van der Waals surface area contributed by atoms with Crippen molar-refractivity contribution in [1.82, 2.24) is 5.32 Å². The molecule has 0 bridgehead atoms. The summed E-state index contributed by atoms with van der Waals surface area (Å²) >= 11 is 0. The van der Waals surface area contributed by atoms with E-state index in [1.165, 1.54) is 0 Å². The summed E-state index contributed by atoms with van der Waals surface area (Å²) in [6, 6.07) is 0. The average molecular weight is 279 g/mol. The maximum atomic E-state index is 12.0. The molecule has 18 heavy (non-hydrogen) atoms. The van der Waals surface area contributed by atoms with Crippen molar-refractivity contribution in [2.24, 2.45) is 5.92 Å². The van der Waals surface area contributed by atoms with Crippen LogP contribution in [0, 0.1) is 5.92 Å². The fraction of sp³-hybridized carbons (Fsp3) is 1.00. The summed E-state index contributed by atoms with van der Waals surface area (Å²) in [5.74, 6) is 0.340. The zero-order valence-electron chi connectivity index (χ0n) is 11.3. The van der Waals surface area contributed by atoms with Crippen molar-refractivity contribution in [3.05, 3.63) is 0 Å². The van der Waals surface area contributed by atoms with E-state index in [1.54, 1.807) is 0 Å². The van der Waals surface area contributed by atoms with Gasteiger partial charge in [0.1, 0.15) is 0 Å². The minimum atomic E-state index is -3.20. The predicted octanol–water partition coefficient (Wildman–Crippen LogP) is 0.187. The molecule has 2 N–H and O–H groups in total. The van der Waals surface area contributed by atoms with Crippen LogP contribution in [0.1, 0.15) is 26.7 Å². The first-order valence-corrected chi connectivity index (χ1v) is 8.31. The molecule has 1 aliphatic rings. The molecule has 1 heterocycles. The number of sulfone groups is 1. The van der Waals surface area contributed by atoms with Gasteiger partial charge >= 0.3 is 0 Å². The fourth-order valence-electron chi connectivity index (χ4n) is 2.04. The molecule has 5 nitrogen and oxygen atoms in total. The summed E-state index contributed by atoms with van der Waals surface area (Å²) < 4.78 is 29.3. The third kappa shape index (κ3) is 5.65. The van der Waals surface area contributed by atoms with Crippen molar-refractivity contribution >= 4 is 9.84 Å². The smallest absolute Gasteiger partial charge is 0.155 e. The summed E-state index contributed by atoms with van der Waals surface area (Å²) in [4.78, 5) is 0. The maximum absolute atomic E-state index is 12.0. The molecule has 1 atom stereocenters. The number of hydrogen-bond donors (Lipinski definition) is 2. The van der Waals surface area contributed by atoms with E-state index in [9.17, 15) is 13.5 Å². The lowest BCUT2D eigenvalue weighted by Gasteiger charge is -2.23. The normalized spacial score (nSPS) is 20.2. The Morgan fingerprint density at radius 1 is 1.28 bits per heavy atom. The molecule has 0 aromatic carbocycles.